The molecule has 0 amide bonds. The van der Waals surface area contributed by atoms with Gasteiger partial charge in [-0.1, -0.05) is 0 Å². The zero-order valence-electron chi connectivity index (χ0n) is 7.21. The molecular weight excluding hydrogens is 150 g/mol. The Morgan fingerprint density at radius 3 is 2.92 bits per heavy atom. The highest BCUT2D eigenvalue weighted by Gasteiger charge is 2.40. The average Bonchev–Trinajstić information content (AvgIpc) is 2.70. The fraction of sp³-hybridized carbons (Fsp3) is 0.667. The van der Waals surface area contributed by atoms with Crippen LogP contribution in [0.15, 0.2) is 12.3 Å². The number of H-pyrrole nitrogens is 1. The molecule has 66 valence electrons. The zero-order chi connectivity index (χ0) is 8.44. The quantitative estimate of drug-likeness (QED) is 0.701. The fourth-order valence-corrected chi connectivity index (χ4v) is 1.56. The molecule has 0 aliphatic heterocycles. The monoisotopic (exact) mass is 165 g/mol. The largest absolute Gasteiger partial charge is 0.330 e. The molecule has 3 heteroatoms. The summed E-state index contributed by atoms with van der Waals surface area (Å²) in [5.41, 5.74) is 7.40. The molecule has 1 aromatic heterocycles. The van der Waals surface area contributed by atoms with E-state index in [9.17, 15) is 0 Å². The molecule has 1 saturated carbocycles. The van der Waals surface area contributed by atoms with Gasteiger partial charge in [0.25, 0.3) is 0 Å². The summed E-state index contributed by atoms with van der Waals surface area (Å²) >= 11 is 0. The molecule has 0 unspecified atom stereocenters. The lowest BCUT2D eigenvalue weighted by atomic mass is 9.99. The van der Waals surface area contributed by atoms with Crippen LogP contribution in [0.4, 0.5) is 0 Å². The summed E-state index contributed by atoms with van der Waals surface area (Å²) in [6.45, 7) is 0.848. The first-order chi connectivity index (χ1) is 5.85. The Bertz CT molecular complexity index is 236. The van der Waals surface area contributed by atoms with E-state index >= 15 is 0 Å². The topological polar surface area (TPSA) is 54.7 Å². The molecule has 0 spiro atoms. The first kappa shape index (κ1) is 7.80. The Balaban J connectivity index is 1.83. The summed E-state index contributed by atoms with van der Waals surface area (Å²) in [6.07, 6.45) is 6.75. The van der Waals surface area contributed by atoms with Crippen molar-refractivity contribution in [3.63, 3.8) is 0 Å². The molecule has 0 radical (unpaired) electrons. The van der Waals surface area contributed by atoms with Crippen LogP contribution in [0.5, 0.6) is 0 Å². The number of aryl methyl sites for hydroxylation is 1. The van der Waals surface area contributed by atoms with Crippen LogP contribution in [0.25, 0.3) is 0 Å². The van der Waals surface area contributed by atoms with Crippen molar-refractivity contribution in [1.82, 2.24) is 10.2 Å². The molecule has 0 bridgehead atoms. The summed E-state index contributed by atoms with van der Waals surface area (Å²) in [4.78, 5) is 0. The third-order valence-electron chi connectivity index (χ3n) is 2.87. The Kier molecular flexibility index (Phi) is 1.89. The van der Waals surface area contributed by atoms with Gasteiger partial charge < -0.3 is 5.73 Å². The van der Waals surface area contributed by atoms with Crippen molar-refractivity contribution < 1.29 is 0 Å². The van der Waals surface area contributed by atoms with Crippen molar-refractivity contribution in [2.45, 2.75) is 25.7 Å². The number of nitrogens with two attached hydrogens (primary N) is 1. The number of aromatic amines is 1. The van der Waals surface area contributed by atoms with Crippen LogP contribution in [0.1, 0.15) is 25.0 Å². The van der Waals surface area contributed by atoms with Gasteiger partial charge in [-0.25, -0.2) is 0 Å². The van der Waals surface area contributed by atoms with Crippen molar-refractivity contribution in [2.24, 2.45) is 11.1 Å². The van der Waals surface area contributed by atoms with Crippen molar-refractivity contribution in [3.05, 3.63) is 18.0 Å². The predicted octanol–water partition coefficient (Wildman–Crippen LogP) is 1.08. The SMILES string of the molecule is NCC1(CCc2ccn[nH]2)CC1. The number of rotatable bonds is 4. The summed E-state index contributed by atoms with van der Waals surface area (Å²) in [6, 6.07) is 2.03. The van der Waals surface area contributed by atoms with Gasteiger partial charge in [-0.2, -0.15) is 5.10 Å². The van der Waals surface area contributed by atoms with Crippen LogP contribution in [0.3, 0.4) is 0 Å². The maximum absolute atomic E-state index is 5.68. The second-order valence-electron chi connectivity index (χ2n) is 3.79. The third-order valence-corrected chi connectivity index (χ3v) is 2.87. The first-order valence-corrected chi connectivity index (χ1v) is 4.53. The molecule has 1 aliphatic rings. The predicted molar refractivity (Wildman–Crippen MR) is 47.6 cm³/mol. The van der Waals surface area contributed by atoms with E-state index in [1.165, 1.54) is 25.0 Å². The Morgan fingerprint density at radius 2 is 2.42 bits per heavy atom. The number of nitrogens with one attached hydrogen (secondary N) is 1. The average molecular weight is 165 g/mol. The number of hydrogen-bond acceptors (Lipinski definition) is 2. The van der Waals surface area contributed by atoms with E-state index in [0.717, 1.165) is 13.0 Å². The van der Waals surface area contributed by atoms with E-state index in [4.69, 9.17) is 5.73 Å². The molecule has 1 heterocycles. The van der Waals surface area contributed by atoms with Crippen molar-refractivity contribution >= 4 is 0 Å². The maximum Gasteiger partial charge on any atom is 0.0490 e. The number of aromatic nitrogens is 2. The molecule has 1 fully saturated rings. The van der Waals surface area contributed by atoms with Crippen LogP contribution in [-0.2, 0) is 6.42 Å². The Morgan fingerprint density at radius 1 is 1.58 bits per heavy atom. The second-order valence-corrected chi connectivity index (χ2v) is 3.79. The van der Waals surface area contributed by atoms with E-state index in [1.54, 1.807) is 6.20 Å². The summed E-state index contributed by atoms with van der Waals surface area (Å²) in [5, 5.41) is 6.88. The van der Waals surface area contributed by atoms with Crippen molar-refractivity contribution in [2.75, 3.05) is 6.54 Å². The minimum absolute atomic E-state index is 0.491. The smallest absolute Gasteiger partial charge is 0.0490 e. The van der Waals surface area contributed by atoms with Gasteiger partial charge in [0.1, 0.15) is 0 Å². The normalized spacial score (nSPS) is 19.4. The van der Waals surface area contributed by atoms with Crippen LogP contribution >= 0.6 is 0 Å². The molecule has 0 saturated heterocycles. The standard InChI is InChI=1S/C9H15N3/c10-7-9(4-5-9)3-1-8-2-6-11-12-8/h2,6H,1,3-5,7,10H2,(H,11,12). The highest BCUT2D eigenvalue weighted by atomic mass is 15.1. The fourth-order valence-electron chi connectivity index (χ4n) is 1.56. The lowest BCUT2D eigenvalue weighted by Crippen LogP contribution is -2.16. The van der Waals surface area contributed by atoms with E-state index in [1.807, 2.05) is 6.07 Å². The molecule has 3 nitrogen and oxygen atoms in total. The maximum atomic E-state index is 5.68. The van der Waals surface area contributed by atoms with Gasteiger partial charge in [-0.15, -0.1) is 0 Å². The Hall–Kier alpha value is -0.830. The highest BCUT2D eigenvalue weighted by molar-refractivity contribution is 5.02. The molecule has 0 aromatic carbocycles. The van der Waals surface area contributed by atoms with E-state index in [0.29, 0.717) is 5.41 Å². The van der Waals surface area contributed by atoms with Gasteiger partial charge in [0.15, 0.2) is 0 Å². The Labute approximate surface area is 72.4 Å². The van der Waals surface area contributed by atoms with E-state index in [-0.39, 0.29) is 0 Å². The molecule has 12 heavy (non-hydrogen) atoms. The van der Waals surface area contributed by atoms with E-state index in [2.05, 4.69) is 10.2 Å². The molecule has 0 atom stereocenters. The van der Waals surface area contributed by atoms with Crippen LogP contribution < -0.4 is 5.73 Å². The minimum Gasteiger partial charge on any atom is -0.330 e. The van der Waals surface area contributed by atoms with Gasteiger partial charge >= 0.3 is 0 Å². The van der Waals surface area contributed by atoms with Crippen LogP contribution in [-0.4, -0.2) is 16.7 Å². The van der Waals surface area contributed by atoms with Gasteiger partial charge in [-0.05, 0) is 43.7 Å². The first-order valence-electron chi connectivity index (χ1n) is 4.53. The van der Waals surface area contributed by atoms with Gasteiger partial charge in [0.2, 0.25) is 0 Å². The number of nitrogens with zero attached hydrogens (tertiary/aromatic N) is 1. The summed E-state index contributed by atoms with van der Waals surface area (Å²) < 4.78 is 0. The van der Waals surface area contributed by atoms with Gasteiger partial charge in [0.05, 0.1) is 0 Å². The van der Waals surface area contributed by atoms with Crippen LogP contribution in [0, 0.1) is 5.41 Å². The lowest BCUT2D eigenvalue weighted by molar-refractivity contribution is 0.475. The molecule has 1 aliphatic carbocycles. The third kappa shape index (κ3) is 1.50. The number of hydrogen-bond donors (Lipinski definition) is 2. The van der Waals surface area contributed by atoms with Gasteiger partial charge in [0, 0.05) is 11.9 Å². The summed E-state index contributed by atoms with van der Waals surface area (Å²) in [5.74, 6) is 0. The molecular formula is C9H15N3. The van der Waals surface area contributed by atoms with Gasteiger partial charge in [-0.3, -0.25) is 5.10 Å². The second kappa shape index (κ2) is 2.90. The lowest BCUT2D eigenvalue weighted by Gasteiger charge is -2.09. The van der Waals surface area contributed by atoms with Crippen molar-refractivity contribution in [3.8, 4) is 0 Å². The van der Waals surface area contributed by atoms with Crippen LogP contribution in [0.2, 0.25) is 0 Å². The molecule has 2 rings (SSSR count). The molecule has 3 N–H and O–H groups in total. The zero-order valence-corrected chi connectivity index (χ0v) is 7.21. The summed E-state index contributed by atoms with van der Waals surface area (Å²) in [7, 11) is 0. The highest BCUT2D eigenvalue weighted by Crippen LogP contribution is 2.48. The minimum atomic E-state index is 0.491. The molecule has 1 aromatic rings. The van der Waals surface area contributed by atoms with E-state index < -0.39 is 0 Å². The van der Waals surface area contributed by atoms with Crippen molar-refractivity contribution in [1.29, 1.82) is 0 Å².